The molecule has 0 aromatic heterocycles. The molecule has 0 aromatic rings. The van der Waals surface area contributed by atoms with Crippen molar-refractivity contribution in [1.82, 2.24) is 0 Å². The zero-order valence-corrected chi connectivity index (χ0v) is 11.8. The Bertz CT molecular complexity index is 448. The predicted molar refractivity (Wildman–Crippen MR) is 80.5 cm³/mol. The van der Waals surface area contributed by atoms with E-state index in [4.69, 9.17) is 0 Å². The number of hydrogen-bond donors (Lipinski definition) is 0. The van der Waals surface area contributed by atoms with Crippen LogP contribution in [0.1, 0.15) is 46.0 Å². The van der Waals surface area contributed by atoms with Gasteiger partial charge in [-0.3, -0.25) is 0 Å². The minimum atomic E-state index is 0.297. The van der Waals surface area contributed by atoms with Crippen LogP contribution in [0.5, 0.6) is 0 Å². The molecule has 0 heterocycles. The second-order valence-electron chi connectivity index (χ2n) is 5.52. The molecule has 2 rings (SSSR count). The minimum absolute atomic E-state index is 0.297. The fraction of sp³-hybridized carbons (Fsp3) is 0.444. The van der Waals surface area contributed by atoms with E-state index in [-0.39, 0.29) is 0 Å². The van der Waals surface area contributed by atoms with Crippen molar-refractivity contribution in [2.75, 3.05) is 0 Å². The fourth-order valence-electron chi connectivity index (χ4n) is 3.81. The molecule has 0 saturated heterocycles. The van der Waals surface area contributed by atoms with Crippen molar-refractivity contribution in [3.05, 3.63) is 59.8 Å². The molecular formula is C18H24. The van der Waals surface area contributed by atoms with Crippen molar-refractivity contribution < 1.29 is 0 Å². The van der Waals surface area contributed by atoms with E-state index in [0.29, 0.717) is 5.41 Å². The second-order valence-corrected chi connectivity index (χ2v) is 5.52. The molecule has 0 bridgehead atoms. The normalized spacial score (nSPS) is 23.2. The van der Waals surface area contributed by atoms with Crippen LogP contribution in [0.4, 0.5) is 0 Å². The summed E-state index contributed by atoms with van der Waals surface area (Å²) in [7, 11) is 0. The molecule has 0 nitrogen and oxygen atoms in total. The van der Waals surface area contributed by atoms with Crippen LogP contribution in [0.3, 0.4) is 0 Å². The van der Waals surface area contributed by atoms with Crippen molar-refractivity contribution in [2.45, 2.75) is 46.0 Å². The lowest BCUT2D eigenvalue weighted by Gasteiger charge is -2.37. The van der Waals surface area contributed by atoms with E-state index in [1.54, 1.807) is 5.57 Å². The Kier molecular flexibility index (Phi) is 3.75. The van der Waals surface area contributed by atoms with Crippen molar-refractivity contribution in [3.63, 3.8) is 0 Å². The van der Waals surface area contributed by atoms with Crippen LogP contribution < -0.4 is 0 Å². The summed E-state index contributed by atoms with van der Waals surface area (Å²) in [5.41, 5.74) is 6.15. The number of allylic oxidation sites excluding steroid dienone is 8. The smallest absolute Gasteiger partial charge is 0.0170 e. The van der Waals surface area contributed by atoms with Gasteiger partial charge in [-0.05, 0) is 43.4 Å². The summed E-state index contributed by atoms with van der Waals surface area (Å²) in [6.45, 7) is 12.4. The lowest BCUT2D eigenvalue weighted by molar-refractivity contribution is 0.299. The Morgan fingerprint density at radius 2 is 1.72 bits per heavy atom. The van der Waals surface area contributed by atoms with Crippen LogP contribution in [0.15, 0.2) is 59.8 Å². The quantitative estimate of drug-likeness (QED) is 0.570. The van der Waals surface area contributed by atoms with Gasteiger partial charge in [0, 0.05) is 5.41 Å². The van der Waals surface area contributed by atoms with Gasteiger partial charge in [0.05, 0.1) is 0 Å². The molecule has 1 spiro atoms. The molecule has 0 amide bonds. The third-order valence-electron chi connectivity index (χ3n) is 4.76. The van der Waals surface area contributed by atoms with Gasteiger partial charge in [0.1, 0.15) is 0 Å². The average Bonchev–Trinajstić information content (AvgIpc) is 2.57. The molecule has 96 valence electrons. The Balaban J connectivity index is 2.52. The molecule has 0 radical (unpaired) electrons. The highest BCUT2D eigenvalue weighted by atomic mass is 14.5. The molecule has 1 fully saturated rings. The summed E-state index contributed by atoms with van der Waals surface area (Å²) in [6.07, 6.45) is 14.9. The third-order valence-corrected chi connectivity index (χ3v) is 4.76. The molecule has 18 heavy (non-hydrogen) atoms. The van der Waals surface area contributed by atoms with E-state index in [0.717, 1.165) is 0 Å². The SMILES string of the molecule is C=C/C=C\C1=C(C)C2(CCCCC2)C(C=C)=C1C. The maximum absolute atomic E-state index is 4.06. The Labute approximate surface area is 111 Å². The minimum Gasteiger partial charge on any atom is -0.0991 e. The lowest BCUT2D eigenvalue weighted by Crippen LogP contribution is -2.25. The molecule has 0 heteroatoms. The van der Waals surface area contributed by atoms with Gasteiger partial charge in [-0.2, -0.15) is 0 Å². The standard InChI is InChI=1S/C18H24/c1-5-7-11-16-14(3)17(6-2)18(15(16)4)12-9-8-10-13-18/h5-7,11H,1-2,8-10,12-13H2,3-4H3/b11-7-. The first kappa shape index (κ1) is 13.1. The molecule has 0 atom stereocenters. The first-order chi connectivity index (χ1) is 8.67. The van der Waals surface area contributed by atoms with E-state index in [1.165, 1.54) is 48.8 Å². The van der Waals surface area contributed by atoms with Crippen molar-refractivity contribution >= 4 is 0 Å². The first-order valence-electron chi connectivity index (χ1n) is 7.02. The topological polar surface area (TPSA) is 0 Å². The van der Waals surface area contributed by atoms with Gasteiger partial charge in [0.15, 0.2) is 0 Å². The summed E-state index contributed by atoms with van der Waals surface area (Å²) in [4.78, 5) is 0. The third kappa shape index (κ3) is 1.84. The fourth-order valence-corrected chi connectivity index (χ4v) is 3.81. The molecular weight excluding hydrogens is 216 g/mol. The summed E-state index contributed by atoms with van der Waals surface area (Å²) in [6, 6.07) is 0. The maximum Gasteiger partial charge on any atom is 0.0170 e. The van der Waals surface area contributed by atoms with Crippen LogP contribution in [0, 0.1) is 5.41 Å². The first-order valence-corrected chi connectivity index (χ1v) is 7.02. The lowest BCUT2D eigenvalue weighted by atomic mass is 9.66. The van der Waals surface area contributed by atoms with Gasteiger partial charge in [0.2, 0.25) is 0 Å². The van der Waals surface area contributed by atoms with Gasteiger partial charge in [0.25, 0.3) is 0 Å². The Morgan fingerprint density at radius 1 is 1.06 bits per heavy atom. The molecule has 0 N–H and O–H groups in total. The molecule has 2 aliphatic rings. The van der Waals surface area contributed by atoms with Gasteiger partial charge >= 0.3 is 0 Å². The van der Waals surface area contributed by atoms with Gasteiger partial charge in [-0.15, -0.1) is 0 Å². The van der Waals surface area contributed by atoms with Gasteiger partial charge < -0.3 is 0 Å². The van der Waals surface area contributed by atoms with Gasteiger partial charge in [-0.1, -0.05) is 62.3 Å². The van der Waals surface area contributed by atoms with E-state index < -0.39 is 0 Å². The summed E-state index contributed by atoms with van der Waals surface area (Å²) >= 11 is 0. The maximum atomic E-state index is 4.06. The van der Waals surface area contributed by atoms with Crippen LogP contribution in [-0.2, 0) is 0 Å². The Hall–Kier alpha value is -1.30. The monoisotopic (exact) mass is 240 g/mol. The van der Waals surface area contributed by atoms with Crippen LogP contribution >= 0.6 is 0 Å². The van der Waals surface area contributed by atoms with Crippen molar-refractivity contribution in [1.29, 1.82) is 0 Å². The van der Waals surface area contributed by atoms with Crippen LogP contribution in [0.25, 0.3) is 0 Å². The molecule has 2 aliphatic carbocycles. The molecule has 0 aliphatic heterocycles. The highest BCUT2D eigenvalue weighted by Gasteiger charge is 2.42. The largest absolute Gasteiger partial charge is 0.0991 e. The predicted octanol–water partition coefficient (Wildman–Crippen LogP) is 5.51. The second kappa shape index (κ2) is 5.14. The van der Waals surface area contributed by atoms with E-state index >= 15 is 0 Å². The van der Waals surface area contributed by atoms with Crippen molar-refractivity contribution in [3.8, 4) is 0 Å². The van der Waals surface area contributed by atoms with Crippen LogP contribution in [0.2, 0.25) is 0 Å². The Morgan fingerprint density at radius 3 is 2.28 bits per heavy atom. The van der Waals surface area contributed by atoms with Crippen molar-refractivity contribution in [2.24, 2.45) is 5.41 Å². The zero-order valence-electron chi connectivity index (χ0n) is 11.8. The van der Waals surface area contributed by atoms with E-state index in [1.807, 2.05) is 12.2 Å². The summed E-state index contributed by atoms with van der Waals surface area (Å²) in [5.74, 6) is 0. The highest BCUT2D eigenvalue weighted by Crippen LogP contribution is 2.55. The molecule has 0 unspecified atom stereocenters. The average molecular weight is 240 g/mol. The zero-order chi connectivity index (χ0) is 13.2. The molecule has 1 saturated carbocycles. The number of rotatable bonds is 3. The number of hydrogen-bond acceptors (Lipinski definition) is 0. The van der Waals surface area contributed by atoms with E-state index in [9.17, 15) is 0 Å². The summed E-state index contributed by atoms with van der Waals surface area (Å²) < 4.78 is 0. The highest BCUT2D eigenvalue weighted by molar-refractivity contribution is 5.60. The molecule has 0 aromatic carbocycles. The summed E-state index contributed by atoms with van der Waals surface area (Å²) in [5, 5.41) is 0. The van der Waals surface area contributed by atoms with Crippen LogP contribution in [-0.4, -0.2) is 0 Å². The van der Waals surface area contributed by atoms with E-state index in [2.05, 4.69) is 39.2 Å². The van der Waals surface area contributed by atoms with Gasteiger partial charge in [-0.25, -0.2) is 0 Å².